The highest BCUT2D eigenvalue weighted by Crippen LogP contribution is 2.14. The lowest BCUT2D eigenvalue weighted by molar-refractivity contribution is 0.0951. The summed E-state index contributed by atoms with van der Waals surface area (Å²) in [6.45, 7) is 6.27. The number of amides is 1. The molecule has 0 aromatic carbocycles. The lowest BCUT2D eigenvalue weighted by atomic mass is 10.00. The smallest absolute Gasteiger partial charge is 0.269 e. The van der Waals surface area contributed by atoms with Gasteiger partial charge in [-0.2, -0.15) is 0 Å². The third-order valence-electron chi connectivity index (χ3n) is 3.20. The molecule has 0 aliphatic rings. The second-order valence-electron chi connectivity index (χ2n) is 4.90. The molecule has 0 saturated carbocycles. The molecule has 1 unspecified atom stereocenters. The molecular formula is C15H26N4O. The molecule has 1 heterocycles. The Kier molecular flexibility index (Phi) is 7.65. The SMILES string of the molecule is CCCC(CCN)CNc1ccnc(C(=O)NCC)c1. The summed E-state index contributed by atoms with van der Waals surface area (Å²) in [7, 11) is 0. The Hall–Kier alpha value is -1.62. The number of rotatable bonds is 9. The van der Waals surface area contributed by atoms with E-state index in [1.165, 1.54) is 6.42 Å². The predicted molar refractivity (Wildman–Crippen MR) is 82.8 cm³/mol. The average molecular weight is 278 g/mol. The van der Waals surface area contributed by atoms with Crippen molar-refractivity contribution < 1.29 is 4.79 Å². The van der Waals surface area contributed by atoms with Gasteiger partial charge in [0.25, 0.3) is 5.91 Å². The van der Waals surface area contributed by atoms with Gasteiger partial charge in [-0.25, -0.2) is 0 Å². The van der Waals surface area contributed by atoms with Crippen LogP contribution in [0, 0.1) is 5.92 Å². The maximum absolute atomic E-state index is 11.7. The summed E-state index contributed by atoms with van der Waals surface area (Å²) < 4.78 is 0. The van der Waals surface area contributed by atoms with E-state index in [0.29, 0.717) is 24.7 Å². The second kappa shape index (κ2) is 9.31. The molecule has 1 atom stereocenters. The molecule has 0 saturated heterocycles. The number of nitrogens with one attached hydrogen (secondary N) is 2. The monoisotopic (exact) mass is 278 g/mol. The van der Waals surface area contributed by atoms with Gasteiger partial charge in [-0.1, -0.05) is 13.3 Å². The number of carbonyl (C=O) groups excluding carboxylic acids is 1. The minimum atomic E-state index is -0.136. The highest BCUT2D eigenvalue weighted by atomic mass is 16.1. The van der Waals surface area contributed by atoms with E-state index < -0.39 is 0 Å². The molecule has 20 heavy (non-hydrogen) atoms. The van der Waals surface area contributed by atoms with Crippen molar-refractivity contribution in [2.24, 2.45) is 11.7 Å². The molecule has 0 aliphatic carbocycles. The molecule has 1 aromatic rings. The van der Waals surface area contributed by atoms with Gasteiger partial charge in [-0.05, 0) is 44.4 Å². The van der Waals surface area contributed by atoms with Crippen LogP contribution in [0.2, 0.25) is 0 Å². The van der Waals surface area contributed by atoms with Crippen LogP contribution in [-0.4, -0.2) is 30.5 Å². The largest absolute Gasteiger partial charge is 0.385 e. The van der Waals surface area contributed by atoms with Gasteiger partial charge in [-0.15, -0.1) is 0 Å². The van der Waals surface area contributed by atoms with Crippen LogP contribution < -0.4 is 16.4 Å². The highest BCUT2D eigenvalue weighted by molar-refractivity contribution is 5.93. The molecule has 1 amide bonds. The van der Waals surface area contributed by atoms with Crippen LogP contribution in [0.3, 0.4) is 0 Å². The van der Waals surface area contributed by atoms with E-state index in [-0.39, 0.29) is 5.91 Å². The normalized spacial score (nSPS) is 11.9. The molecule has 0 aliphatic heterocycles. The standard InChI is InChI=1S/C15H26N4O/c1-3-5-12(6-8-16)11-19-13-7-9-18-14(10-13)15(20)17-4-2/h7,9-10,12H,3-6,8,11,16H2,1-2H3,(H,17,20)(H,18,19). The number of pyridine rings is 1. The predicted octanol–water partition coefficient (Wildman–Crippen LogP) is 2.01. The summed E-state index contributed by atoms with van der Waals surface area (Å²) >= 11 is 0. The van der Waals surface area contributed by atoms with Crippen LogP contribution in [0.1, 0.15) is 43.6 Å². The van der Waals surface area contributed by atoms with Crippen molar-refractivity contribution >= 4 is 11.6 Å². The van der Waals surface area contributed by atoms with Crippen LogP contribution in [0.5, 0.6) is 0 Å². The molecule has 0 spiro atoms. The van der Waals surface area contributed by atoms with Gasteiger partial charge in [0.05, 0.1) is 0 Å². The summed E-state index contributed by atoms with van der Waals surface area (Å²) in [6.07, 6.45) is 5.01. The second-order valence-corrected chi connectivity index (χ2v) is 4.90. The third-order valence-corrected chi connectivity index (χ3v) is 3.20. The maximum atomic E-state index is 11.7. The fourth-order valence-electron chi connectivity index (χ4n) is 2.17. The Balaban J connectivity index is 2.58. The van der Waals surface area contributed by atoms with E-state index in [0.717, 1.165) is 25.1 Å². The summed E-state index contributed by atoms with van der Waals surface area (Å²) in [5.74, 6) is 0.439. The van der Waals surface area contributed by atoms with Crippen molar-refractivity contribution in [3.05, 3.63) is 24.0 Å². The molecule has 0 fully saturated rings. The van der Waals surface area contributed by atoms with Gasteiger partial charge in [0.1, 0.15) is 5.69 Å². The van der Waals surface area contributed by atoms with Gasteiger partial charge >= 0.3 is 0 Å². The van der Waals surface area contributed by atoms with Crippen molar-refractivity contribution in [2.45, 2.75) is 33.1 Å². The Labute approximate surface area is 121 Å². The lowest BCUT2D eigenvalue weighted by Crippen LogP contribution is -2.24. The first-order chi connectivity index (χ1) is 9.71. The number of hydrogen-bond donors (Lipinski definition) is 3. The first kappa shape index (κ1) is 16.4. The summed E-state index contributed by atoms with van der Waals surface area (Å²) in [5.41, 5.74) is 7.01. The first-order valence-corrected chi connectivity index (χ1v) is 7.39. The van der Waals surface area contributed by atoms with Gasteiger partial charge in [-0.3, -0.25) is 9.78 Å². The summed E-state index contributed by atoms with van der Waals surface area (Å²) in [6, 6.07) is 3.67. The van der Waals surface area contributed by atoms with Crippen molar-refractivity contribution in [3.8, 4) is 0 Å². The number of carbonyl (C=O) groups is 1. The van der Waals surface area contributed by atoms with E-state index in [1.807, 2.05) is 13.0 Å². The van der Waals surface area contributed by atoms with Crippen LogP contribution >= 0.6 is 0 Å². The van der Waals surface area contributed by atoms with Crippen LogP contribution in [0.15, 0.2) is 18.3 Å². The van der Waals surface area contributed by atoms with E-state index in [9.17, 15) is 4.79 Å². The van der Waals surface area contributed by atoms with Crippen molar-refractivity contribution in [2.75, 3.05) is 25.0 Å². The molecule has 5 nitrogen and oxygen atoms in total. The van der Waals surface area contributed by atoms with Gasteiger partial charge in [0, 0.05) is 25.0 Å². The molecule has 4 N–H and O–H groups in total. The van der Waals surface area contributed by atoms with Crippen LogP contribution in [0.25, 0.3) is 0 Å². The van der Waals surface area contributed by atoms with E-state index in [1.54, 1.807) is 12.3 Å². The van der Waals surface area contributed by atoms with Crippen LogP contribution in [0.4, 0.5) is 5.69 Å². The van der Waals surface area contributed by atoms with Crippen molar-refractivity contribution in [1.82, 2.24) is 10.3 Å². The number of aromatic nitrogens is 1. The lowest BCUT2D eigenvalue weighted by Gasteiger charge is -2.17. The first-order valence-electron chi connectivity index (χ1n) is 7.39. The van der Waals surface area contributed by atoms with E-state index >= 15 is 0 Å². The van der Waals surface area contributed by atoms with E-state index in [2.05, 4.69) is 22.5 Å². The number of nitrogens with two attached hydrogens (primary N) is 1. The molecule has 1 aromatic heterocycles. The Morgan fingerprint density at radius 3 is 2.85 bits per heavy atom. The topological polar surface area (TPSA) is 80.0 Å². The number of anilines is 1. The summed E-state index contributed by atoms with van der Waals surface area (Å²) in [4.78, 5) is 15.8. The average Bonchev–Trinajstić information content (AvgIpc) is 2.46. The molecule has 112 valence electrons. The van der Waals surface area contributed by atoms with Gasteiger partial charge in [0.2, 0.25) is 0 Å². The highest BCUT2D eigenvalue weighted by Gasteiger charge is 2.09. The quantitative estimate of drug-likeness (QED) is 0.645. The minimum Gasteiger partial charge on any atom is -0.385 e. The van der Waals surface area contributed by atoms with Gasteiger partial charge < -0.3 is 16.4 Å². The zero-order valence-electron chi connectivity index (χ0n) is 12.5. The Morgan fingerprint density at radius 2 is 2.20 bits per heavy atom. The van der Waals surface area contributed by atoms with E-state index in [4.69, 9.17) is 5.73 Å². The molecular weight excluding hydrogens is 252 g/mol. The maximum Gasteiger partial charge on any atom is 0.269 e. The molecule has 1 rings (SSSR count). The zero-order valence-corrected chi connectivity index (χ0v) is 12.5. The van der Waals surface area contributed by atoms with Crippen molar-refractivity contribution in [1.29, 1.82) is 0 Å². The Morgan fingerprint density at radius 1 is 1.40 bits per heavy atom. The van der Waals surface area contributed by atoms with Gasteiger partial charge in [0.15, 0.2) is 0 Å². The molecule has 5 heteroatoms. The minimum absolute atomic E-state index is 0.136. The number of hydrogen-bond acceptors (Lipinski definition) is 4. The fraction of sp³-hybridized carbons (Fsp3) is 0.600. The fourth-order valence-corrected chi connectivity index (χ4v) is 2.17. The third kappa shape index (κ3) is 5.57. The van der Waals surface area contributed by atoms with Crippen molar-refractivity contribution in [3.63, 3.8) is 0 Å². The molecule has 0 bridgehead atoms. The van der Waals surface area contributed by atoms with Crippen LogP contribution in [-0.2, 0) is 0 Å². The Bertz CT molecular complexity index is 403. The zero-order chi connectivity index (χ0) is 14.8. The summed E-state index contributed by atoms with van der Waals surface area (Å²) in [5, 5.41) is 6.12. The molecule has 0 radical (unpaired) electrons. The number of nitrogens with zero attached hydrogens (tertiary/aromatic N) is 1.